The number of nitrogens with zero attached hydrogens (tertiary/aromatic N) is 1. The molecule has 0 bridgehead atoms. The van der Waals surface area contributed by atoms with Crippen molar-refractivity contribution < 1.29 is 0 Å². The second-order valence-electron chi connectivity index (χ2n) is 4.87. The molecule has 104 valence electrons. The molecule has 0 unspecified atom stereocenters. The Balaban J connectivity index is 1.79. The van der Waals surface area contributed by atoms with Gasteiger partial charge in [-0.3, -0.25) is 0 Å². The van der Waals surface area contributed by atoms with Gasteiger partial charge >= 0.3 is 0 Å². The van der Waals surface area contributed by atoms with Crippen LogP contribution in [0.1, 0.15) is 25.8 Å². The molecular formula is C16H24N2S. The van der Waals surface area contributed by atoms with Crippen LogP contribution in [0.3, 0.4) is 0 Å². The van der Waals surface area contributed by atoms with Crippen LogP contribution in [0, 0.1) is 0 Å². The maximum absolute atomic E-state index is 3.57. The molecule has 0 aliphatic heterocycles. The summed E-state index contributed by atoms with van der Waals surface area (Å²) in [7, 11) is 0. The Kier molecular flexibility index (Phi) is 5.83. The van der Waals surface area contributed by atoms with E-state index in [-0.39, 0.29) is 0 Å². The third-order valence-corrected chi connectivity index (χ3v) is 4.48. The molecule has 0 spiro atoms. The minimum atomic E-state index is 0.980. The number of hydrogen-bond acceptors (Lipinski definition) is 3. The highest BCUT2D eigenvalue weighted by atomic mass is 32.1. The summed E-state index contributed by atoms with van der Waals surface area (Å²) >= 11 is 1.84. The van der Waals surface area contributed by atoms with Crippen LogP contribution in [0.2, 0.25) is 0 Å². The fraction of sp³-hybridized carbons (Fsp3) is 0.500. The van der Waals surface area contributed by atoms with Crippen LogP contribution >= 0.6 is 11.3 Å². The number of nitrogens with one attached hydrogen (secondary N) is 1. The molecule has 3 heteroatoms. The minimum absolute atomic E-state index is 0.980. The van der Waals surface area contributed by atoms with Crippen molar-refractivity contribution in [2.24, 2.45) is 0 Å². The van der Waals surface area contributed by atoms with Crippen molar-refractivity contribution in [2.75, 3.05) is 26.2 Å². The summed E-state index contributed by atoms with van der Waals surface area (Å²) in [6.07, 6.45) is 1.24. The van der Waals surface area contributed by atoms with Crippen LogP contribution in [0.15, 0.2) is 29.6 Å². The van der Waals surface area contributed by atoms with E-state index in [1.54, 1.807) is 0 Å². The zero-order chi connectivity index (χ0) is 13.5. The van der Waals surface area contributed by atoms with Crippen molar-refractivity contribution in [2.45, 2.75) is 26.8 Å². The summed E-state index contributed by atoms with van der Waals surface area (Å²) in [5.74, 6) is 0. The lowest BCUT2D eigenvalue weighted by Crippen LogP contribution is -2.32. The van der Waals surface area contributed by atoms with Crippen LogP contribution in [0.5, 0.6) is 0 Å². The Morgan fingerprint density at radius 1 is 1.16 bits per heavy atom. The van der Waals surface area contributed by atoms with Gasteiger partial charge in [0.2, 0.25) is 0 Å². The Morgan fingerprint density at radius 3 is 2.79 bits per heavy atom. The highest BCUT2D eigenvalue weighted by Gasteiger charge is 2.03. The Bertz CT molecular complexity index is 492. The molecule has 0 radical (unpaired) electrons. The lowest BCUT2D eigenvalue weighted by Gasteiger charge is -2.19. The number of rotatable bonds is 8. The lowest BCUT2D eigenvalue weighted by molar-refractivity contribution is 0.287. The highest BCUT2D eigenvalue weighted by Crippen LogP contribution is 2.25. The van der Waals surface area contributed by atoms with Gasteiger partial charge < -0.3 is 10.2 Å². The van der Waals surface area contributed by atoms with Gasteiger partial charge in [-0.2, -0.15) is 0 Å². The Hall–Kier alpha value is -0.900. The normalized spacial score (nSPS) is 11.5. The van der Waals surface area contributed by atoms with Crippen molar-refractivity contribution in [3.8, 4) is 0 Å². The van der Waals surface area contributed by atoms with E-state index in [1.807, 2.05) is 11.3 Å². The maximum Gasteiger partial charge on any atom is 0.0346 e. The fourth-order valence-electron chi connectivity index (χ4n) is 2.37. The quantitative estimate of drug-likeness (QED) is 0.739. The van der Waals surface area contributed by atoms with E-state index in [2.05, 4.69) is 53.7 Å². The highest BCUT2D eigenvalue weighted by molar-refractivity contribution is 7.17. The summed E-state index contributed by atoms with van der Waals surface area (Å²) in [6, 6.07) is 8.65. The molecule has 0 amide bonds. The zero-order valence-electron chi connectivity index (χ0n) is 12.0. The summed E-state index contributed by atoms with van der Waals surface area (Å²) < 4.78 is 1.39. The Labute approximate surface area is 120 Å². The first kappa shape index (κ1) is 14.5. The molecule has 1 N–H and O–H groups in total. The van der Waals surface area contributed by atoms with Crippen molar-refractivity contribution in [3.63, 3.8) is 0 Å². The second kappa shape index (κ2) is 7.63. The van der Waals surface area contributed by atoms with Gasteiger partial charge in [0.15, 0.2) is 0 Å². The number of thiophene rings is 1. The first-order valence-corrected chi connectivity index (χ1v) is 8.11. The molecule has 2 aromatic rings. The topological polar surface area (TPSA) is 15.3 Å². The van der Waals surface area contributed by atoms with Crippen LogP contribution in [0.25, 0.3) is 10.1 Å². The first-order valence-electron chi connectivity index (χ1n) is 7.23. The van der Waals surface area contributed by atoms with E-state index in [0.717, 1.165) is 26.2 Å². The zero-order valence-corrected chi connectivity index (χ0v) is 12.8. The van der Waals surface area contributed by atoms with E-state index in [9.17, 15) is 0 Å². The van der Waals surface area contributed by atoms with E-state index < -0.39 is 0 Å². The average molecular weight is 276 g/mol. The molecule has 0 fully saturated rings. The van der Waals surface area contributed by atoms with Crippen LogP contribution in [-0.4, -0.2) is 31.1 Å². The number of fused-ring (bicyclic) bond motifs is 1. The number of hydrogen-bond donors (Lipinski definition) is 1. The molecule has 0 saturated carbocycles. The van der Waals surface area contributed by atoms with Crippen molar-refractivity contribution >= 4 is 21.4 Å². The van der Waals surface area contributed by atoms with Gasteiger partial charge in [-0.15, -0.1) is 11.3 Å². The third kappa shape index (κ3) is 4.03. The molecule has 1 heterocycles. The molecular weight excluding hydrogens is 252 g/mol. The number of likely N-dealkylation sites (N-methyl/N-ethyl adjacent to an activating group) is 1. The van der Waals surface area contributed by atoms with Crippen LogP contribution < -0.4 is 5.32 Å². The predicted molar refractivity (Wildman–Crippen MR) is 85.9 cm³/mol. The van der Waals surface area contributed by atoms with Crippen molar-refractivity contribution in [3.05, 3.63) is 35.2 Å². The van der Waals surface area contributed by atoms with E-state index in [1.165, 1.54) is 28.6 Å². The molecule has 1 aromatic heterocycles. The molecule has 2 rings (SSSR count). The molecule has 19 heavy (non-hydrogen) atoms. The van der Waals surface area contributed by atoms with Gasteiger partial charge in [0.1, 0.15) is 0 Å². The van der Waals surface area contributed by atoms with Crippen molar-refractivity contribution in [1.82, 2.24) is 10.2 Å². The largest absolute Gasteiger partial charge is 0.311 e. The SMILES string of the molecule is CCCN(CC)CCNCc1csc2ccccc12. The smallest absolute Gasteiger partial charge is 0.0346 e. The molecule has 1 aromatic carbocycles. The average Bonchev–Trinajstić information content (AvgIpc) is 2.85. The third-order valence-electron chi connectivity index (χ3n) is 3.47. The van der Waals surface area contributed by atoms with Gasteiger partial charge in [0.25, 0.3) is 0 Å². The standard InChI is InChI=1S/C16H24N2S/c1-3-10-18(4-2)11-9-17-12-14-13-19-16-8-6-5-7-15(14)16/h5-8,13,17H,3-4,9-12H2,1-2H3. The second-order valence-corrected chi connectivity index (χ2v) is 5.78. The first-order chi connectivity index (χ1) is 9.35. The molecule has 0 atom stereocenters. The molecule has 2 nitrogen and oxygen atoms in total. The summed E-state index contributed by atoms with van der Waals surface area (Å²) in [5, 5.41) is 7.25. The van der Waals surface area contributed by atoms with Gasteiger partial charge in [-0.1, -0.05) is 32.0 Å². The summed E-state index contributed by atoms with van der Waals surface area (Å²) in [6.45, 7) is 10.0. The monoisotopic (exact) mass is 276 g/mol. The molecule has 0 aliphatic rings. The maximum atomic E-state index is 3.57. The van der Waals surface area contributed by atoms with Crippen LogP contribution in [-0.2, 0) is 6.54 Å². The minimum Gasteiger partial charge on any atom is -0.311 e. The van der Waals surface area contributed by atoms with Gasteiger partial charge in [0.05, 0.1) is 0 Å². The molecule has 0 aliphatic carbocycles. The van der Waals surface area contributed by atoms with Gasteiger partial charge in [-0.05, 0) is 41.9 Å². The van der Waals surface area contributed by atoms with Crippen LogP contribution in [0.4, 0.5) is 0 Å². The van der Waals surface area contributed by atoms with Gasteiger partial charge in [0, 0.05) is 24.3 Å². The van der Waals surface area contributed by atoms with E-state index in [0.29, 0.717) is 0 Å². The van der Waals surface area contributed by atoms with E-state index in [4.69, 9.17) is 0 Å². The number of benzene rings is 1. The Morgan fingerprint density at radius 2 is 2.00 bits per heavy atom. The lowest BCUT2D eigenvalue weighted by atomic mass is 10.2. The summed E-state index contributed by atoms with van der Waals surface area (Å²) in [4.78, 5) is 2.50. The van der Waals surface area contributed by atoms with Crippen molar-refractivity contribution in [1.29, 1.82) is 0 Å². The predicted octanol–water partition coefficient (Wildman–Crippen LogP) is 3.72. The molecule has 0 saturated heterocycles. The van der Waals surface area contributed by atoms with E-state index >= 15 is 0 Å². The fourth-order valence-corrected chi connectivity index (χ4v) is 3.34. The summed E-state index contributed by atoms with van der Waals surface area (Å²) in [5.41, 5.74) is 1.43. The van der Waals surface area contributed by atoms with Gasteiger partial charge in [-0.25, -0.2) is 0 Å².